The minimum atomic E-state index is 0.485. The van der Waals surface area contributed by atoms with E-state index in [1.165, 1.54) is 5.56 Å². The summed E-state index contributed by atoms with van der Waals surface area (Å²) in [4.78, 5) is 2.46. The molecule has 2 heteroatoms. The smallest absolute Gasteiger partial charge is 0.0622 e. The van der Waals surface area contributed by atoms with Crippen molar-refractivity contribution in [3.05, 3.63) is 42.8 Å². The Labute approximate surface area is 91.9 Å². The molecule has 1 fully saturated rings. The minimum Gasteiger partial charge on any atom is -0.378 e. The van der Waals surface area contributed by atoms with E-state index in [-0.39, 0.29) is 0 Å². The van der Waals surface area contributed by atoms with E-state index >= 15 is 0 Å². The molecule has 0 unspecified atom stereocenters. The first-order chi connectivity index (χ1) is 7.40. The SMILES string of the molecule is [CH2]C[C@@H]1COCCN1Cc1ccccc1. The lowest BCUT2D eigenvalue weighted by atomic mass is 10.1. The lowest BCUT2D eigenvalue weighted by Gasteiger charge is -2.35. The van der Waals surface area contributed by atoms with E-state index in [1.807, 2.05) is 0 Å². The number of morpholine rings is 1. The third-order valence-corrected chi connectivity index (χ3v) is 2.91. The average Bonchev–Trinajstić information content (AvgIpc) is 2.31. The lowest BCUT2D eigenvalue weighted by Crippen LogP contribution is -2.44. The highest BCUT2D eigenvalue weighted by atomic mass is 16.5. The van der Waals surface area contributed by atoms with E-state index in [0.29, 0.717) is 6.04 Å². The molecule has 1 aromatic rings. The highest BCUT2D eigenvalue weighted by Gasteiger charge is 2.20. The van der Waals surface area contributed by atoms with Gasteiger partial charge in [-0.25, -0.2) is 0 Å². The summed E-state index contributed by atoms with van der Waals surface area (Å²) in [6.45, 7) is 7.70. The Hall–Kier alpha value is -0.860. The van der Waals surface area contributed by atoms with Crippen molar-refractivity contribution in [3.8, 4) is 0 Å². The average molecular weight is 204 g/mol. The Morgan fingerprint density at radius 1 is 1.33 bits per heavy atom. The van der Waals surface area contributed by atoms with Gasteiger partial charge in [-0.2, -0.15) is 0 Å². The molecule has 1 atom stereocenters. The van der Waals surface area contributed by atoms with Crippen LogP contribution in [0.25, 0.3) is 0 Å². The highest BCUT2D eigenvalue weighted by molar-refractivity contribution is 5.14. The molecule has 1 aromatic carbocycles. The molecular weight excluding hydrogens is 186 g/mol. The molecule has 0 aromatic heterocycles. The second-order valence-corrected chi connectivity index (χ2v) is 3.97. The monoisotopic (exact) mass is 204 g/mol. The molecule has 0 saturated carbocycles. The van der Waals surface area contributed by atoms with Crippen LogP contribution in [0, 0.1) is 6.92 Å². The quantitative estimate of drug-likeness (QED) is 0.747. The van der Waals surface area contributed by atoms with Gasteiger partial charge >= 0.3 is 0 Å². The maximum Gasteiger partial charge on any atom is 0.0622 e. The predicted octanol–water partition coefficient (Wildman–Crippen LogP) is 2.11. The number of rotatable bonds is 3. The zero-order valence-corrected chi connectivity index (χ0v) is 9.06. The molecular formula is C13H18NO. The maximum absolute atomic E-state index is 5.46. The minimum absolute atomic E-state index is 0.485. The standard InChI is InChI=1S/C13H18NO/c1-2-13-11-15-9-8-14(13)10-12-6-4-3-5-7-12/h3-7,13H,1-2,8-11H2/t13-/m1/s1. The van der Waals surface area contributed by atoms with Crippen LogP contribution < -0.4 is 0 Å². The Bertz CT molecular complexity index is 286. The molecule has 1 aliphatic rings. The summed E-state index contributed by atoms with van der Waals surface area (Å²) in [5.41, 5.74) is 1.37. The summed E-state index contributed by atoms with van der Waals surface area (Å²) in [5.74, 6) is 0. The van der Waals surface area contributed by atoms with Crippen molar-refractivity contribution in [2.24, 2.45) is 0 Å². The Morgan fingerprint density at radius 3 is 2.87 bits per heavy atom. The fourth-order valence-corrected chi connectivity index (χ4v) is 1.98. The van der Waals surface area contributed by atoms with E-state index in [0.717, 1.165) is 32.7 Å². The summed E-state index contributed by atoms with van der Waals surface area (Å²) in [7, 11) is 0. The largest absolute Gasteiger partial charge is 0.378 e. The van der Waals surface area contributed by atoms with Gasteiger partial charge in [-0.15, -0.1) is 0 Å². The first-order valence-electron chi connectivity index (χ1n) is 5.55. The summed E-state index contributed by atoms with van der Waals surface area (Å²) in [6, 6.07) is 11.1. The molecule has 2 nitrogen and oxygen atoms in total. The topological polar surface area (TPSA) is 12.5 Å². The van der Waals surface area contributed by atoms with Crippen molar-refractivity contribution in [1.29, 1.82) is 0 Å². The van der Waals surface area contributed by atoms with Gasteiger partial charge in [-0.3, -0.25) is 4.90 Å². The van der Waals surface area contributed by atoms with Gasteiger partial charge in [0.05, 0.1) is 13.2 Å². The van der Waals surface area contributed by atoms with Gasteiger partial charge in [-0.1, -0.05) is 37.3 Å². The number of hydrogen-bond acceptors (Lipinski definition) is 2. The molecule has 2 rings (SSSR count). The van der Waals surface area contributed by atoms with E-state index in [2.05, 4.69) is 42.2 Å². The van der Waals surface area contributed by atoms with Crippen molar-refractivity contribution in [1.82, 2.24) is 4.90 Å². The summed E-state index contributed by atoms with van der Waals surface area (Å²) in [5, 5.41) is 0. The predicted molar refractivity (Wildman–Crippen MR) is 61.4 cm³/mol. The molecule has 0 N–H and O–H groups in total. The Balaban J connectivity index is 1.97. The lowest BCUT2D eigenvalue weighted by molar-refractivity contribution is -0.0105. The molecule has 0 aliphatic carbocycles. The highest BCUT2D eigenvalue weighted by Crippen LogP contribution is 2.14. The second kappa shape index (κ2) is 5.29. The molecule has 0 spiro atoms. The number of ether oxygens (including phenoxy) is 1. The van der Waals surface area contributed by atoms with Crippen molar-refractivity contribution in [2.45, 2.75) is 19.0 Å². The third kappa shape index (κ3) is 2.80. The van der Waals surface area contributed by atoms with E-state index < -0.39 is 0 Å². The van der Waals surface area contributed by atoms with E-state index in [1.54, 1.807) is 0 Å². The van der Waals surface area contributed by atoms with Gasteiger partial charge in [0, 0.05) is 19.1 Å². The van der Waals surface area contributed by atoms with Gasteiger partial charge in [0.2, 0.25) is 0 Å². The summed E-state index contributed by atoms with van der Waals surface area (Å²) >= 11 is 0. The van der Waals surface area contributed by atoms with Crippen molar-refractivity contribution in [3.63, 3.8) is 0 Å². The molecule has 1 saturated heterocycles. The van der Waals surface area contributed by atoms with Gasteiger partial charge in [0.25, 0.3) is 0 Å². The van der Waals surface area contributed by atoms with Crippen LogP contribution in [0.5, 0.6) is 0 Å². The van der Waals surface area contributed by atoms with Crippen LogP contribution in [0.2, 0.25) is 0 Å². The van der Waals surface area contributed by atoms with Crippen LogP contribution in [0.1, 0.15) is 12.0 Å². The summed E-state index contributed by atoms with van der Waals surface area (Å²) < 4.78 is 5.46. The van der Waals surface area contributed by atoms with Crippen LogP contribution in [-0.2, 0) is 11.3 Å². The van der Waals surface area contributed by atoms with E-state index in [9.17, 15) is 0 Å². The van der Waals surface area contributed by atoms with Gasteiger partial charge in [-0.05, 0) is 12.0 Å². The Kier molecular flexibility index (Phi) is 3.75. The van der Waals surface area contributed by atoms with Crippen LogP contribution >= 0.6 is 0 Å². The number of benzene rings is 1. The first-order valence-corrected chi connectivity index (χ1v) is 5.55. The normalized spacial score (nSPS) is 22.9. The van der Waals surface area contributed by atoms with Crippen molar-refractivity contribution < 1.29 is 4.74 Å². The summed E-state index contributed by atoms with van der Waals surface area (Å²) in [6.07, 6.45) is 0.923. The molecule has 1 aliphatic heterocycles. The van der Waals surface area contributed by atoms with Crippen LogP contribution in [0.4, 0.5) is 0 Å². The van der Waals surface area contributed by atoms with Crippen LogP contribution in [0.15, 0.2) is 30.3 Å². The molecule has 1 heterocycles. The zero-order valence-electron chi connectivity index (χ0n) is 9.06. The molecule has 81 valence electrons. The molecule has 15 heavy (non-hydrogen) atoms. The third-order valence-electron chi connectivity index (χ3n) is 2.91. The maximum atomic E-state index is 5.46. The second-order valence-electron chi connectivity index (χ2n) is 3.97. The van der Waals surface area contributed by atoms with Gasteiger partial charge in [0.1, 0.15) is 0 Å². The molecule has 1 radical (unpaired) electrons. The first kappa shape index (κ1) is 10.7. The van der Waals surface area contributed by atoms with Gasteiger partial charge < -0.3 is 4.74 Å². The number of hydrogen-bond donors (Lipinski definition) is 0. The van der Waals surface area contributed by atoms with Crippen molar-refractivity contribution in [2.75, 3.05) is 19.8 Å². The van der Waals surface area contributed by atoms with E-state index in [4.69, 9.17) is 4.74 Å². The number of nitrogens with zero attached hydrogens (tertiary/aromatic N) is 1. The zero-order chi connectivity index (χ0) is 10.5. The van der Waals surface area contributed by atoms with Crippen LogP contribution in [-0.4, -0.2) is 30.7 Å². The fraction of sp³-hybridized carbons (Fsp3) is 0.462. The van der Waals surface area contributed by atoms with Gasteiger partial charge in [0.15, 0.2) is 0 Å². The fourth-order valence-electron chi connectivity index (χ4n) is 1.98. The van der Waals surface area contributed by atoms with Crippen LogP contribution in [0.3, 0.4) is 0 Å². The van der Waals surface area contributed by atoms with Crippen molar-refractivity contribution >= 4 is 0 Å². The molecule has 0 amide bonds. The molecule has 0 bridgehead atoms. The Morgan fingerprint density at radius 2 is 2.13 bits per heavy atom.